The third kappa shape index (κ3) is 4.17. The van der Waals surface area contributed by atoms with Crippen LogP contribution in [0.15, 0.2) is 40.8 Å². The van der Waals surface area contributed by atoms with Crippen LogP contribution in [-0.2, 0) is 4.74 Å². The summed E-state index contributed by atoms with van der Waals surface area (Å²) in [5, 5.41) is 7.57. The van der Waals surface area contributed by atoms with E-state index >= 15 is 0 Å². The predicted molar refractivity (Wildman–Crippen MR) is 119 cm³/mol. The normalized spacial score (nSPS) is 11.2. The number of hydrogen-bond acceptors (Lipinski definition) is 6. The highest BCUT2D eigenvalue weighted by molar-refractivity contribution is 6.12. The number of primary amides is 1. The van der Waals surface area contributed by atoms with Crippen LogP contribution in [0.3, 0.4) is 0 Å². The van der Waals surface area contributed by atoms with Crippen LogP contribution in [0.4, 0.5) is 9.18 Å². The second-order valence-corrected chi connectivity index (χ2v) is 7.84. The number of furan rings is 1. The summed E-state index contributed by atoms with van der Waals surface area (Å²) in [6, 6.07) is 8.80. The van der Waals surface area contributed by atoms with Gasteiger partial charge in [0.15, 0.2) is 0 Å². The number of nitrogens with two attached hydrogens (primary N) is 1. The van der Waals surface area contributed by atoms with E-state index in [1.807, 2.05) is 27.7 Å². The van der Waals surface area contributed by atoms with Crippen LogP contribution >= 0.6 is 0 Å². The first-order valence-electron chi connectivity index (χ1n) is 10.2. The molecule has 0 spiro atoms. The van der Waals surface area contributed by atoms with E-state index in [2.05, 4.69) is 14.9 Å². The van der Waals surface area contributed by atoms with Gasteiger partial charge in [0.25, 0.3) is 0 Å². The number of hydrogen-bond donors (Lipinski definition) is 2. The Morgan fingerprint density at radius 1 is 1.15 bits per heavy atom. The summed E-state index contributed by atoms with van der Waals surface area (Å²) in [6.07, 6.45) is -1.42. The Kier molecular flexibility index (Phi) is 5.63. The lowest BCUT2D eigenvalue weighted by atomic mass is 9.99. The second kappa shape index (κ2) is 8.42. The van der Waals surface area contributed by atoms with E-state index in [4.69, 9.17) is 14.9 Å². The summed E-state index contributed by atoms with van der Waals surface area (Å²) in [7, 11) is 0. The van der Waals surface area contributed by atoms with Gasteiger partial charge < -0.3 is 19.6 Å². The van der Waals surface area contributed by atoms with Gasteiger partial charge in [0, 0.05) is 27.8 Å². The lowest BCUT2D eigenvalue weighted by Crippen LogP contribution is -2.18. The topological polar surface area (TPSA) is 120 Å². The number of aromatic amines is 1. The number of esters is 1. The monoisotopic (exact) mass is 451 g/mol. The van der Waals surface area contributed by atoms with Crippen LogP contribution < -0.4 is 10.5 Å². The fourth-order valence-corrected chi connectivity index (χ4v) is 3.77. The summed E-state index contributed by atoms with van der Waals surface area (Å²) < 4.78 is 30.3. The van der Waals surface area contributed by atoms with Gasteiger partial charge in [-0.15, -0.1) is 0 Å². The zero-order chi connectivity index (χ0) is 23.9. The number of aryl methyl sites for hydroxylation is 2. The molecule has 8 nitrogen and oxygen atoms in total. The number of rotatable bonds is 5. The number of benzene rings is 2. The lowest BCUT2D eigenvalue weighted by Gasteiger charge is -2.15. The van der Waals surface area contributed by atoms with Gasteiger partial charge in [-0.05, 0) is 64.1 Å². The first kappa shape index (κ1) is 22.1. The number of carbonyl (C=O) groups is 2. The molecule has 0 saturated carbocycles. The molecule has 2 aromatic carbocycles. The molecule has 0 radical (unpaired) electrons. The predicted octanol–water partition coefficient (Wildman–Crippen LogP) is 5.27. The van der Waals surface area contributed by atoms with Crippen molar-refractivity contribution in [3.8, 4) is 28.2 Å². The van der Waals surface area contributed by atoms with Crippen molar-refractivity contribution in [1.82, 2.24) is 10.2 Å². The van der Waals surface area contributed by atoms with Crippen molar-refractivity contribution < 1.29 is 27.9 Å². The number of aromatic nitrogens is 2. The number of nitrogens with zero attached hydrogens (tertiary/aromatic N) is 1. The number of H-pyrrole nitrogens is 1. The van der Waals surface area contributed by atoms with Crippen molar-refractivity contribution in [2.24, 2.45) is 5.73 Å². The van der Waals surface area contributed by atoms with E-state index in [9.17, 15) is 14.0 Å². The summed E-state index contributed by atoms with van der Waals surface area (Å²) >= 11 is 0. The molecule has 0 unspecified atom stereocenters. The molecule has 3 N–H and O–H groups in total. The average molecular weight is 451 g/mol. The second-order valence-electron chi connectivity index (χ2n) is 7.84. The molecule has 2 aromatic heterocycles. The highest BCUT2D eigenvalue weighted by atomic mass is 19.1. The number of nitrogens with one attached hydrogen (secondary N) is 1. The quantitative estimate of drug-likeness (QED) is 0.315. The number of ether oxygens (including phenoxy) is 2. The van der Waals surface area contributed by atoms with Crippen molar-refractivity contribution in [1.29, 1.82) is 0 Å². The minimum absolute atomic E-state index is 0.0174. The zero-order valence-corrected chi connectivity index (χ0v) is 18.5. The SMILES string of the molecule is Cc1n[nH]c(C)c1-c1cc2oc(-c3ccc(F)cc3)c(C(=O)OC(N)=O)c2cc1OC(C)C. The summed E-state index contributed by atoms with van der Waals surface area (Å²) in [5.74, 6) is -0.828. The molecule has 0 atom stereocenters. The zero-order valence-electron chi connectivity index (χ0n) is 18.5. The minimum Gasteiger partial charge on any atom is -0.490 e. The van der Waals surface area contributed by atoms with Crippen LogP contribution in [0.2, 0.25) is 0 Å². The maximum Gasteiger partial charge on any atom is 0.412 e. The van der Waals surface area contributed by atoms with Gasteiger partial charge in [0.1, 0.15) is 28.5 Å². The molecule has 9 heteroatoms. The molecule has 0 fully saturated rings. The summed E-state index contributed by atoms with van der Waals surface area (Å²) in [5.41, 5.74) is 8.98. The molecule has 0 aliphatic carbocycles. The summed E-state index contributed by atoms with van der Waals surface area (Å²) in [4.78, 5) is 24.1. The van der Waals surface area contributed by atoms with Crippen molar-refractivity contribution in [2.75, 3.05) is 0 Å². The Labute approximate surface area is 188 Å². The van der Waals surface area contributed by atoms with Gasteiger partial charge in [-0.3, -0.25) is 5.10 Å². The third-order valence-electron chi connectivity index (χ3n) is 5.05. The van der Waals surface area contributed by atoms with E-state index in [1.54, 1.807) is 12.1 Å². The summed E-state index contributed by atoms with van der Waals surface area (Å²) in [6.45, 7) is 7.51. The molecular weight excluding hydrogens is 429 g/mol. The maximum absolute atomic E-state index is 13.5. The molecule has 4 rings (SSSR count). The number of carbonyl (C=O) groups excluding carboxylic acids is 2. The van der Waals surface area contributed by atoms with E-state index < -0.39 is 17.9 Å². The van der Waals surface area contributed by atoms with Crippen molar-refractivity contribution in [3.05, 3.63) is 59.2 Å². The number of amides is 1. The van der Waals surface area contributed by atoms with Crippen LogP contribution in [0, 0.1) is 19.7 Å². The van der Waals surface area contributed by atoms with Crippen LogP contribution in [0.25, 0.3) is 33.4 Å². The first-order valence-corrected chi connectivity index (χ1v) is 10.2. The number of fused-ring (bicyclic) bond motifs is 1. The van der Waals surface area contributed by atoms with Gasteiger partial charge in [0.05, 0.1) is 11.8 Å². The van der Waals surface area contributed by atoms with Crippen LogP contribution in [-0.4, -0.2) is 28.4 Å². The van der Waals surface area contributed by atoms with Gasteiger partial charge in [-0.25, -0.2) is 14.0 Å². The fourth-order valence-electron chi connectivity index (χ4n) is 3.77. The molecule has 0 aliphatic heterocycles. The van der Waals surface area contributed by atoms with Gasteiger partial charge in [-0.2, -0.15) is 5.10 Å². The van der Waals surface area contributed by atoms with E-state index in [1.165, 1.54) is 24.3 Å². The Morgan fingerprint density at radius 3 is 2.42 bits per heavy atom. The Balaban J connectivity index is 2.03. The molecular formula is C24H22FN3O5. The van der Waals surface area contributed by atoms with Crippen LogP contribution in [0.1, 0.15) is 35.6 Å². The van der Waals surface area contributed by atoms with Crippen LogP contribution in [0.5, 0.6) is 5.75 Å². The largest absolute Gasteiger partial charge is 0.490 e. The van der Waals surface area contributed by atoms with Gasteiger partial charge in [-0.1, -0.05) is 0 Å². The molecule has 33 heavy (non-hydrogen) atoms. The van der Waals surface area contributed by atoms with E-state index in [0.29, 0.717) is 27.8 Å². The fraction of sp³-hybridized carbons (Fsp3) is 0.208. The smallest absolute Gasteiger partial charge is 0.412 e. The van der Waals surface area contributed by atoms with Crippen molar-refractivity contribution >= 4 is 23.0 Å². The molecule has 4 aromatic rings. The van der Waals surface area contributed by atoms with Crippen molar-refractivity contribution in [2.45, 2.75) is 33.8 Å². The molecule has 0 saturated heterocycles. The molecule has 170 valence electrons. The molecule has 2 heterocycles. The number of halogens is 1. The average Bonchev–Trinajstić information content (AvgIpc) is 3.26. The Morgan fingerprint density at radius 2 is 1.85 bits per heavy atom. The van der Waals surface area contributed by atoms with Gasteiger partial charge in [0.2, 0.25) is 0 Å². The Bertz CT molecular complexity index is 1350. The standard InChI is InChI=1S/C24H22FN3O5/c1-11(2)31-18-10-17-19(9-16(18)20-12(3)27-28-13(20)4)32-22(14-5-7-15(25)8-6-14)21(17)23(29)33-24(26)30/h5-11H,1-4H3,(H2,26,30)(H,27,28). The highest BCUT2D eigenvalue weighted by Crippen LogP contribution is 2.42. The maximum atomic E-state index is 13.5. The minimum atomic E-state index is -1.25. The van der Waals surface area contributed by atoms with E-state index in [-0.39, 0.29) is 17.4 Å². The van der Waals surface area contributed by atoms with Crippen molar-refractivity contribution in [3.63, 3.8) is 0 Å². The molecule has 0 bridgehead atoms. The highest BCUT2D eigenvalue weighted by Gasteiger charge is 2.27. The molecule has 0 aliphatic rings. The first-order chi connectivity index (χ1) is 15.7. The molecule has 1 amide bonds. The van der Waals surface area contributed by atoms with Gasteiger partial charge >= 0.3 is 12.1 Å². The third-order valence-corrected chi connectivity index (χ3v) is 5.05. The Hall–Kier alpha value is -4.14. The van der Waals surface area contributed by atoms with E-state index in [0.717, 1.165) is 17.0 Å². The lowest BCUT2D eigenvalue weighted by molar-refractivity contribution is 0.0640.